The van der Waals surface area contributed by atoms with Gasteiger partial charge in [0, 0.05) is 12.1 Å². The number of carbonyl (C=O) groups excluding carboxylic acids is 1. The van der Waals surface area contributed by atoms with Crippen LogP contribution in [-0.4, -0.2) is 39.5 Å². The van der Waals surface area contributed by atoms with Crippen molar-refractivity contribution in [3.8, 4) is 11.5 Å². The van der Waals surface area contributed by atoms with Crippen LogP contribution in [0, 0.1) is 18.8 Å². The quantitative estimate of drug-likeness (QED) is 0.928. The number of aromatic nitrogens is 1. The molecule has 1 saturated carbocycles. The van der Waals surface area contributed by atoms with Crippen molar-refractivity contribution in [3.05, 3.63) is 41.8 Å². The van der Waals surface area contributed by atoms with E-state index in [1.165, 1.54) is 4.90 Å². The van der Waals surface area contributed by atoms with E-state index in [2.05, 4.69) is 4.98 Å². The standard InChI is InChI=1S/C19H20N2O4/c1-11-16(25-17(20-11)12-6-3-2-4-7-12)18(22)21-10-13-8-5-9-14(13)15(21)19(23)24/h2-4,6-7,13-15H,5,8-10H2,1H3,(H,23,24)/t13-,14+,15+/m0/s1. The van der Waals surface area contributed by atoms with E-state index in [9.17, 15) is 14.7 Å². The molecule has 6 nitrogen and oxygen atoms in total. The second kappa shape index (κ2) is 6.02. The molecule has 1 amide bonds. The van der Waals surface area contributed by atoms with Crippen molar-refractivity contribution in [2.45, 2.75) is 32.2 Å². The van der Waals surface area contributed by atoms with Crippen LogP contribution in [0.15, 0.2) is 34.7 Å². The Hall–Kier alpha value is -2.63. The number of rotatable bonds is 3. The molecule has 2 fully saturated rings. The van der Waals surface area contributed by atoms with Gasteiger partial charge in [0.05, 0.1) is 5.69 Å². The first-order chi connectivity index (χ1) is 12.1. The summed E-state index contributed by atoms with van der Waals surface area (Å²) in [5.41, 5.74) is 1.28. The minimum absolute atomic E-state index is 0.0540. The Morgan fingerprint density at radius 3 is 2.72 bits per heavy atom. The zero-order chi connectivity index (χ0) is 17.6. The number of benzene rings is 1. The molecule has 130 valence electrons. The molecule has 1 aromatic heterocycles. The number of carboxylic acid groups (broad SMARTS) is 1. The van der Waals surface area contributed by atoms with Gasteiger partial charge < -0.3 is 14.4 Å². The molecule has 2 aromatic rings. The van der Waals surface area contributed by atoms with E-state index < -0.39 is 12.0 Å². The Labute approximate surface area is 145 Å². The van der Waals surface area contributed by atoms with E-state index in [1.54, 1.807) is 6.92 Å². The molecular formula is C19H20N2O4. The van der Waals surface area contributed by atoms with Gasteiger partial charge in [-0.05, 0) is 43.7 Å². The van der Waals surface area contributed by atoms with Gasteiger partial charge in [0.1, 0.15) is 6.04 Å². The maximum absolute atomic E-state index is 13.0. The predicted molar refractivity (Wildman–Crippen MR) is 90.0 cm³/mol. The van der Waals surface area contributed by atoms with Gasteiger partial charge in [0.15, 0.2) is 0 Å². The highest BCUT2D eigenvalue weighted by molar-refractivity contribution is 5.96. The highest BCUT2D eigenvalue weighted by atomic mass is 16.4. The number of hydrogen-bond acceptors (Lipinski definition) is 4. The van der Waals surface area contributed by atoms with Crippen LogP contribution in [0.5, 0.6) is 0 Å². The molecule has 0 radical (unpaired) electrons. The molecule has 1 aromatic carbocycles. The van der Waals surface area contributed by atoms with Crippen LogP contribution in [0.2, 0.25) is 0 Å². The van der Waals surface area contributed by atoms with Crippen LogP contribution in [0.1, 0.15) is 35.5 Å². The van der Waals surface area contributed by atoms with E-state index in [4.69, 9.17) is 4.42 Å². The predicted octanol–water partition coefficient (Wildman–Crippen LogP) is 2.98. The van der Waals surface area contributed by atoms with Gasteiger partial charge in [0.2, 0.25) is 11.7 Å². The lowest BCUT2D eigenvalue weighted by Crippen LogP contribution is -2.43. The SMILES string of the molecule is Cc1nc(-c2ccccc2)oc1C(=O)N1C[C@@H]2CCC[C@H]2[C@@H]1C(=O)O. The first kappa shape index (κ1) is 15.9. The van der Waals surface area contributed by atoms with Crippen LogP contribution in [0.25, 0.3) is 11.5 Å². The van der Waals surface area contributed by atoms with Crippen LogP contribution >= 0.6 is 0 Å². The first-order valence-electron chi connectivity index (χ1n) is 8.63. The van der Waals surface area contributed by atoms with E-state index in [0.717, 1.165) is 24.8 Å². The zero-order valence-electron chi connectivity index (χ0n) is 14.0. The molecule has 1 saturated heterocycles. The second-order valence-electron chi connectivity index (χ2n) is 6.90. The fraction of sp³-hybridized carbons (Fsp3) is 0.421. The van der Waals surface area contributed by atoms with E-state index >= 15 is 0 Å². The number of aryl methyl sites for hydroxylation is 1. The monoisotopic (exact) mass is 340 g/mol. The van der Waals surface area contributed by atoms with E-state index in [0.29, 0.717) is 18.1 Å². The van der Waals surface area contributed by atoms with Gasteiger partial charge in [-0.3, -0.25) is 4.79 Å². The third-order valence-corrected chi connectivity index (χ3v) is 5.42. The minimum Gasteiger partial charge on any atom is -0.480 e. The van der Waals surface area contributed by atoms with Crippen molar-refractivity contribution in [2.24, 2.45) is 11.8 Å². The number of fused-ring (bicyclic) bond motifs is 1. The van der Waals surface area contributed by atoms with Gasteiger partial charge >= 0.3 is 5.97 Å². The topological polar surface area (TPSA) is 83.6 Å². The minimum atomic E-state index is -0.928. The van der Waals surface area contributed by atoms with Crippen molar-refractivity contribution in [1.82, 2.24) is 9.88 Å². The Morgan fingerprint density at radius 2 is 2.00 bits per heavy atom. The summed E-state index contributed by atoms with van der Waals surface area (Å²) >= 11 is 0. The average molecular weight is 340 g/mol. The van der Waals surface area contributed by atoms with Crippen molar-refractivity contribution in [2.75, 3.05) is 6.54 Å². The van der Waals surface area contributed by atoms with Crippen LogP contribution < -0.4 is 0 Å². The summed E-state index contributed by atoms with van der Waals surface area (Å²) in [5.74, 6) is -0.435. The number of amides is 1. The molecule has 6 heteroatoms. The molecule has 3 atom stereocenters. The molecule has 25 heavy (non-hydrogen) atoms. The Kier molecular flexibility index (Phi) is 3.82. The van der Waals surface area contributed by atoms with Gasteiger partial charge in [-0.1, -0.05) is 24.6 Å². The van der Waals surface area contributed by atoms with Crippen LogP contribution in [0.4, 0.5) is 0 Å². The summed E-state index contributed by atoms with van der Waals surface area (Å²) < 4.78 is 5.73. The molecule has 1 aliphatic carbocycles. The number of hydrogen-bond donors (Lipinski definition) is 1. The molecular weight excluding hydrogens is 320 g/mol. The van der Waals surface area contributed by atoms with Crippen molar-refractivity contribution < 1.29 is 19.1 Å². The maximum atomic E-state index is 13.0. The Bertz CT molecular complexity index is 814. The summed E-state index contributed by atoms with van der Waals surface area (Å²) in [4.78, 5) is 30.6. The molecule has 1 N–H and O–H groups in total. The molecule has 4 rings (SSSR count). The fourth-order valence-corrected chi connectivity index (χ4v) is 4.26. The van der Waals surface area contributed by atoms with Crippen LogP contribution in [-0.2, 0) is 4.79 Å². The average Bonchev–Trinajstić information content (AvgIpc) is 3.28. The highest BCUT2D eigenvalue weighted by Gasteiger charge is 2.50. The van der Waals surface area contributed by atoms with E-state index in [1.807, 2.05) is 30.3 Å². The second-order valence-corrected chi connectivity index (χ2v) is 6.90. The van der Waals surface area contributed by atoms with Crippen molar-refractivity contribution >= 4 is 11.9 Å². The smallest absolute Gasteiger partial charge is 0.326 e. The number of carbonyl (C=O) groups is 2. The number of aliphatic carboxylic acids is 1. The number of carboxylic acids is 1. The molecule has 0 spiro atoms. The number of likely N-dealkylation sites (tertiary alicyclic amines) is 1. The Balaban J connectivity index is 1.65. The number of nitrogens with zero attached hydrogens (tertiary/aromatic N) is 2. The van der Waals surface area contributed by atoms with Gasteiger partial charge in [0.25, 0.3) is 5.91 Å². The summed E-state index contributed by atoms with van der Waals surface area (Å²) in [6, 6.07) is 8.60. The van der Waals surface area contributed by atoms with Gasteiger partial charge in [-0.25, -0.2) is 9.78 Å². The van der Waals surface area contributed by atoms with Gasteiger partial charge in [-0.15, -0.1) is 0 Å². The summed E-state index contributed by atoms with van der Waals surface area (Å²) in [5, 5.41) is 9.64. The third-order valence-electron chi connectivity index (χ3n) is 5.42. The molecule has 2 heterocycles. The van der Waals surface area contributed by atoms with Crippen molar-refractivity contribution in [3.63, 3.8) is 0 Å². The third kappa shape index (κ3) is 2.62. The van der Waals surface area contributed by atoms with E-state index in [-0.39, 0.29) is 23.5 Å². The lowest BCUT2D eigenvalue weighted by molar-refractivity contribution is -0.142. The lowest BCUT2D eigenvalue weighted by Gasteiger charge is -2.23. The number of oxazole rings is 1. The lowest BCUT2D eigenvalue weighted by atomic mass is 9.94. The summed E-state index contributed by atoms with van der Waals surface area (Å²) in [6.45, 7) is 2.21. The molecule has 0 unspecified atom stereocenters. The summed E-state index contributed by atoms with van der Waals surface area (Å²) in [7, 11) is 0. The normalized spacial score (nSPS) is 25.2. The zero-order valence-corrected chi connectivity index (χ0v) is 14.0. The molecule has 2 aliphatic rings. The highest BCUT2D eigenvalue weighted by Crippen LogP contribution is 2.43. The van der Waals surface area contributed by atoms with Crippen LogP contribution in [0.3, 0.4) is 0 Å². The first-order valence-corrected chi connectivity index (χ1v) is 8.63. The largest absolute Gasteiger partial charge is 0.480 e. The van der Waals surface area contributed by atoms with Crippen molar-refractivity contribution in [1.29, 1.82) is 0 Å². The fourth-order valence-electron chi connectivity index (χ4n) is 4.26. The molecule has 0 bridgehead atoms. The maximum Gasteiger partial charge on any atom is 0.326 e. The Morgan fingerprint density at radius 1 is 1.24 bits per heavy atom. The summed E-state index contributed by atoms with van der Waals surface area (Å²) in [6.07, 6.45) is 2.90. The molecule has 1 aliphatic heterocycles. The van der Waals surface area contributed by atoms with Gasteiger partial charge in [-0.2, -0.15) is 0 Å².